The predicted molar refractivity (Wildman–Crippen MR) is 109 cm³/mol. The Bertz CT molecular complexity index is 1160. The molecule has 1 N–H and O–H groups in total. The number of anilines is 1. The van der Waals surface area contributed by atoms with Crippen molar-refractivity contribution in [3.8, 4) is 0 Å². The van der Waals surface area contributed by atoms with Gasteiger partial charge in [-0.3, -0.25) is 9.59 Å². The van der Waals surface area contributed by atoms with E-state index in [0.29, 0.717) is 15.4 Å². The third-order valence-corrected chi connectivity index (χ3v) is 7.07. The van der Waals surface area contributed by atoms with E-state index in [2.05, 4.69) is 4.98 Å². The highest BCUT2D eigenvalue weighted by Crippen LogP contribution is 2.44. The molecule has 0 spiro atoms. The summed E-state index contributed by atoms with van der Waals surface area (Å²) in [6.07, 6.45) is -0.299. The topological polar surface area (TPSA) is 70.5 Å². The van der Waals surface area contributed by atoms with E-state index in [-0.39, 0.29) is 24.4 Å². The Labute approximate surface area is 173 Å². The lowest BCUT2D eigenvalue weighted by molar-refractivity contribution is -0.138. The first-order valence-electron chi connectivity index (χ1n) is 8.79. The molecular weight excluding hydrogens is 418 g/mol. The second kappa shape index (κ2) is 7.38. The highest BCUT2D eigenvalue weighted by atomic mass is 32.2. The van der Waals surface area contributed by atoms with Crippen LogP contribution >= 0.6 is 23.1 Å². The molecule has 2 aromatic carbocycles. The highest BCUT2D eigenvalue weighted by Gasteiger charge is 2.36. The molecule has 1 aliphatic rings. The molecule has 0 aliphatic carbocycles. The molecule has 5 nitrogen and oxygen atoms in total. The molecule has 1 aliphatic heterocycles. The molecule has 1 unspecified atom stereocenters. The maximum absolute atomic E-state index is 14.0. The van der Waals surface area contributed by atoms with Gasteiger partial charge >= 0.3 is 5.97 Å². The lowest BCUT2D eigenvalue weighted by Gasteiger charge is -2.34. The Morgan fingerprint density at radius 3 is 2.76 bits per heavy atom. The van der Waals surface area contributed by atoms with Crippen molar-refractivity contribution in [3.63, 3.8) is 0 Å². The molecule has 3 aromatic rings. The Kier molecular flexibility index (Phi) is 5.04. The van der Waals surface area contributed by atoms with Crippen molar-refractivity contribution >= 4 is 50.9 Å². The average molecular weight is 434 g/mol. The van der Waals surface area contributed by atoms with Crippen molar-refractivity contribution in [2.75, 3.05) is 4.90 Å². The summed E-state index contributed by atoms with van der Waals surface area (Å²) in [6, 6.07) is 6.36. The minimum Gasteiger partial charge on any atom is -0.481 e. The Balaban J connectivity index is 1.78. The number of carboxylic acid groups (broad SMARTS) is 1. The number of aliphatic carboxylic acids is 1. The summed E-state index contributed by atoms with van der Waals surface area (Å²) in [5.41, 5.74) is 2.54. The van der Waals surface area contributed by atoms with Crippen molar-refractivity contribution in [1.29, 1.82) is 0 Å². The number of amides is 1. The molecule has 150 valence electrons. The number of carbonyl (C=O) groups is 2. The van der Waals surface area contributed by atoms with E-state index < -0.39 is 22.9 Å². The third-order valence-electron chi connectivity index (χ3n) is 4.64. The largest absolute Gasteiger partial charge is 0.481 e. The number of halogens is 2. The number of carbonyl (C=O) groups excluding carboxylic acids is 1. The number of nitrogens with zero attached hydrogens (tertiary/aromatic N) is 2. The van der Waals surface area contributed by atoms with Gasteiger partial charge in [0.2, 0.25) is 5.91 Å². The van der Waals surface area contributed by atoms with Crippen LogP contribution < -0.4 is 4.90 Å². The molecule has 1 atom stereocenters. The summed E-state index contributed by atoms with van der Waals surface area (Å²) in [6.45, 7) is 3.89. The highest BCUT2D eigenvalue weighted by molar-refractivity contribution is 8.01. The van der Waals surface area contributed by atoms with E-state index in [1.807, 2.05) is 26.0 Å². The quantitative estimate of drug-likeness (QED) is 0.646. The maximum atomic E-state index is 14.0. The SMILES string of the molecule is Cc1cc(C)c2c(c1)N(Cc1nc3c(F)c(F)ccc3s1)C(=O)C(CC(=O)O)S2. The molecule has 29 heavy (non-hydrogen) atoms. The monoisotopic (exact) mass is 434 g/mol. The van der Waals surface area contributed by atoms with Gasteiger partial charge in [-0.25, -0.2) is 13.8 Å². The van der Waals surface area contributed by atoms with Crippen LogP contribution in [-0.4, -0.2) is 27.2 Å². The number of fused-ring (bicyclic) bond motifs is 2. The smallest absolute Gasteiger partial charge is 0.305 e. The molecule has 1 aromatic heterocycles. The summed E-state index contributed by atoms with van der Waals surface area (Å²) >= 11 is 2.43. The summed E-state index contributed by atoms with van der Waals surface area (Å²) < 4.78 is 28.0. The van der Waals surface area contributed by atoms with Gasteiger partial charge in [0.25, 0.3) is 0 Å². The molecule has 0 saturated heterocycles. The lowest BCUT2D eigenvalue weighted by Crippen LogP contribution is -2.41. The molecule has 0 radical (unpaired) electrons. The van der Waals surface area contributed by atoms with Crippen LogP contribution in [0.25, 0.3) is 10.2 Å². The first kappa shape index (κ1) is 19.8. The van der Waals surface area contributed by atoms with Crippen LogP contribution in [0, 0.1) is 25.5 Å². The first-order chi connectivity index (χ1) is 13.7. The fourth-order valence-corrected chi connectivity index (χ4v) is 5.63. The average Bonchev–Trinajstić information content (AvgIpc) is 3.06. The zero-order valence-electron chi connectivity index (χ0n) is 15.5. The van der Waals surface area contributed by atoms with Crippen LogP contribution in [0.4, 0.5) is 14.5 Å². The van der Waals surface area contributed by atoms with Crippen LogP contribution in [-0.2, 0) is 16.1 Å². The fourth-order valence-electron chi connectivity index (χ4n) is 3.41. The van der Waals surface area contributed by atoms with E-state index in [1.165, 1.54) is 34.1 Å². The number of rotatable bonds is 4. The number of aryl methyl sites for hydroxylation is 2. The molecular formula is C20H16F2N2O3S2. The lowest BCUT2D eigenvalue weighted by atomic mass is 10.1. The normalized spacial score (nSPS) is 16.3. The number of hydrogen-bond acceptors (Lipinski definition) is 5. The number of aromatic nitrogens is 1. The first-order valence-corrected chi connectivity index (χ1v) is 10.5. The van der Waals surface area contributed by atoms with Crippen molar-refractivity contribution in [2.24, 2.45) is 0 Å². The van der Waals surface area contributed by atoms with Crippen LogP contribution in [0.2, 0.25) is 0 Å². The van der Waals surface area contributed by atoms with E-state index in [1.54, 1.807) is 0 Å². The Morgan fingerprint density at radius 2 is 2.03 bits per heavy atom. The minimum absolute atomic E-state index is 0.0613. The van der Waals surface area contributed by atoms with Crippen LogP contribution in [0.1, 0.15) is 22.6 Å². The molecule has 4 rings (SSSR count). The third kappa shape index (κ3) is 3.60. The van der Waals surface area contributed by atoms with Crippen LogP contribution in [0.5, 0.6) is 0 Å². The van der Waals surface area contributed by atoms with Gasteiger partial charge in [0.1, 0.15) is 10.5 Å². The zero-order chi connectivity index (χ0) is 20.9. The van der Waals surface area contributed by atoms with Crippen molar-refractivity contribution in [3.05, 3.63) is 52.0 Å². The molecule has 2 heterocycles. The van der Waals surface area contributed by atoms with Gasteiger partial charge < -0.3 is 10.0 Å². The van der Waals surface area contributed by atoms with Crippen molar-refractivity contribution in [1.82, 2.24) is 4.98 Å². The minimum atomic E-state index is -1.05. The van der Waals surface area contributed by atoms with Crippen LogP contribution in [0.3, 0.4) is 0 Å². The van der Waals surface area contributed by atoms with Gasteiger partial charge in [0.15, 0.2) is 11.6 Å². The second-order valence-corrected chi connectivity index (χ2v) is 9.20. The van der Waals surface area contributed by atoms with Gasteiger partial charge in [0.05, 0.1) is 28.6 Å². The number of carboxylic acids is 1. The zero-order valence-corrected chi connectivity index (χ0v) is 17.2. The summed E-state index contributed by atoms with van der Waals surface area (Å²) in [5, 5.41) is 8.89. The Hall–Kier alpha value is -2.52. The van der Waals surface area contributed by atoms with Gasteiger partial charge in [0, 0.05) is 4.90 Å². The van der Waals surface area contributed by atoms with Crippen molar-refractivity contribution in [2.45, 2.75) is 37.0 Å². The van der Waals surface area contributed by atoms with E-state index in [0.717, 1.165) is 22.1 Å². The van der Waals surface area contributed by atoms with E-state index in [4.69, 9.17) is 0 Å². The van der Waals surface area contributed by atoms with E-state index >= 15 is 0 Å². The standard InChI is InChI=1S/C20H16F2N2O3S2/c1-9-5-10(2)19-12(6-9)24(20(27)14(29-19)7-16(25)26)8-15-23-18-13(28-15)4-3-11(21)17(18)22/h3-6,14H,7-8H2,1-2H3,(H,25,26). The van der Waals surface area contributed by atoms with Gasteiger partial charge in [-0.05, 0) is 43.2 Å². The van der Waals surface area contributed by atoms with Crippen LogP contribution in [0.15, 0.2) is 29.2 Å². The number of hydrogen-bond donors (Lipinski definition) is 1. The Morgan fingerprint density at radius 1 is 1.28 bits per heavy atom. The van der Waals surface area contributed by atoms with E-state index in [9.17, 15) is 23.5 Å². The predicted octanol–water partition coefficient (Wildman–Crippen LogP) is 4.67. The summed E-state index contributed by atoms with van der Waals surface area (Å²) in [5.74, 6) is -3.37. The molecule has 0 bridgehead atoms. The molecule has 9 heteroatoms. The van der Waals surface area contributed by atoms with Gasteiger partial charge in [-0.2, -0.15) is 0 Å². The van der Waals surface area contributed by atoms with Gasteiger partial charge in [-0.1, -0.05) is 6.07 Å². The molecule has 0 saturated carbocycles. The summed E-state index contributed by atoms with van der Waals surface area (Å²) in [7, 11) is 0. The maximum Gasteiger partial charge on any atom is 0.305 e. The van der Waals surface area contributed by atoms with Crippen molar-refractivity contribution < 1.29 is 23.5 Å². The molecule has 0 fully saturated rings. The number of thiazole rings is 1. The van der Waals surface area contributed by atoms with Gasteiger partial charge in [-0.15, -0.1) is 23.1 Å². The second-order valence-electron chi connectivity index (χ2n) is 6.87. The number of benzene rings is 2. The summed E-state index contributed by atoms with van der Waals surface area (Å²) in [4.78, 5) is 30.9. The fraction of sp³-hybridized carbons (Fsp3) is 0.250. The molecule has 1 amide bonds. The number of thioether (sulfide) groups is 1.